The molecule has 0 aliphatic rings. The van der Waals surface area contributed by atoms with Crippen LogP contribution in [-0.4, -0.2) is 32.3 Å². The first-order chi connectivity index (χ1) is 9.77. The number of amides is 1. The van der Waals surface area contributed by atoms with E-state index in [1.54, 1.807) is 0 Å². The topological polar surface area (TPSA) is 144 Å². The zero-order chi connectivity index (χ0) is 16.0. The minimum absolute atomic E-state index is 0.242. The van der Waals surface area contributed by atoms with Gasteiger partial charge in [-0.2, -0.15) is 0 Å². The van der Waals surface area contributed by atoms with Crippen LogP contribution in [-0.2, 0) is 14.8 Å². The lowest BCUT2D eigenvalue weighted by Gasteiger charge is -2.08. The minimum atomic E-state index is -3.96. The van der Waals surface area contributed by atoms with Crippen molar-refractivity contribution in [3.63, 3.8) is 0 Å². The van der Waals surface area contributed by atoms with Gasteiger partial charge in [-0.15, -0.1) is 0 Å². The van der Waals surface area contributed by atoms with Crippen LogP contribution in [0.25, 0.3) is 0 Å². The molecular weight excluding hydrogens is 300 g/mol. The molecule has 0 spiro atoms. The molecule has 21 heavy (non-hydrogen) atoms. The molecule has 1 rings (SSSR count). The quantitative estimate of drug-likeness (QED) is 0.366. The van der Waals surface area contributed by atoms with Crippen LogP contribution in [0.2, 0.25) is 0 Å². The van der Waals surface area contributed by atoms with Gasteiger partial charge in [0.2, 0.25) is 15.9 Å². The number of nitro benzene ring substituents is 1. The van der Waals surface area contributed by atoms with Crippen molar-refractivity contribution < 1.29 is 18.1 Å². The minimum Gasteiger partial charge on any atom is -0.393 e. The van der Waals surface area contributed by atoms with E-state index in [0.717, 1.165) is 24.6 Å². The molecule has 0 unspecified atom stereocenters. The normalized spacial score (nSPS) is 11.1. The van der Waals surface area contributed by atoms with Crippen LogP contribution in [0, 0.1) is 10.1 Å². The monoisotopic (exact) mass is 316 g/mol. The van der Waals surface area contributed by atoms with Gasteiger partial charge in [-0.05, 0) is 18.6 Å². The van der Waals surface area contributed by atoms with Crippen molar-refractivity contribution in [3.8, 4) is 0 Å². The van der Waals surface area contributed by atoms with Crippen LogP contribution in [0.3, 0.4) is 0 Å². The van der Waals surface area contributed by atoms with Gasteiger partial charge >= 0.3 is 0 Å². The molecule has 1 amide bonds. The third-order valence-electron chi connectivity index (χ3n) is 2.50. The van der Waals surface area contributed by atoms with Crippen molar-refractivity contribution in [2.24, 2.45) is 0 Å². The van der Waals surface area contributed by atoms with Crippen molar-refractivity contribution in [3.05, 3.63) is 28.3 Å². The van der Waals surface area contributed by atoms with Crippen LogP contribution >= 0.6 is 0 Å². The number of anilines is 1. The summed E-state index contributed by atoms with van der Waals surface area (Å²) in [7, 11) is -3.96. The molecule has 0 fully saturated rings. The third-order valence-corrected chi connectivity index (χ3v) is 3.90. The number of benzene rings is 1. The van der Waals surface area contributed by atoms with Gasteiger partial charge in [-0.25, -0.2) is 13.1 Å². The van der Waals surface area contributed by atoms with Crippen molar-refractivity contribution in [2.45, 2.75) is 18.2 Å². The molecule has 116 valence electrons. The molecule has 0 atom stereocenters. The molecule has 0 radical (unpaired) electrons. The lowest BCUT2D eigenvalue weighted by molar-refractivity contribution is -0.383. The highest BCUT2D eigenvalue weighted by Gasteiger charge is 2.19. The lowest BCUT2D eigenvalue weighted by atomic mass is 10.3. The summed E-state index contributed by atoms with van der Waals surface area (Å²) < 4.78 is 25.9. The number of sulfonamides is 1. The molecule has 0 aliphatic carbocycles. The van der Waals surface area contributed by atoms with Gasteiger partial charge in [0.25, 0.3) is 5.69 Å². The highest BCUT2D eigenvalue weighted by Crippen LogP contribution is 2.24. The van der Waals surface area contributed by atoms with E-state index in [0.29, 0.717) is 6.54 Å². The van der Waals surface area contributed by atoms with Crippen LogP contribution in [0.15, 0.2) is 23.1 Å². The van der Waals surface area contributed by atoms with E-state index in [1.807, 2.05) is 6.92 Å². The Hall–Kier alpha value is -2.20. The van der Waals surface area contributed by atoms with Gasteiger partial charge in [0, 0.05) is 12.6 Å². The standard InChI is InChI=1S/C11H16N4O5S/c1-2-5-13-11(16)7-14-21(19,20)8-3-4-10(15(17)18)9(12)6-8/h3-4,6,14H,2,5,7,12H2,1H3,(H,13,16). The Morgan fingerprint density at radius 2 is 2.10 bits per heavy atom. The average Bonchev–Trinajstić information content (AvgIpc) is 2.42. The number of rotatable bonds is 7. The molecule has 0 aliphatic heterocycles. The van der Waals surface area contributed by atoms with Gasteiger partial charge in [-0.3, -0.25) is 14.9 Å². The van der Waals surface area contributed by atoms with Crippen LogP contribution in [0.4, 0.5) is 11.4 Å². The highest BCUT2D eigenvalue weighted by atomic mass is 32.2. The molecule has 4 N–H and O–H groups in total. The Kier molecular flexibility index (Phi) is 5.61. The van der Waals surface area contributed by atoms with Crippen LogP contribution in [0.1, 0.15) is 13.3 Å². The predicted octanol–water partition coefficient (Wildman–Crippen LogP) is -0.0185. The Morgan fingerprint density at radius 3 is 2.62 bits per heavy atom. The maximum absolute atomic E-state index is 11.9. The van der Waals surface area contributed by atoms with E-state index in [2.05, 4.69) is 10.0 Å². The summed E-state index contributed by atoms with van der Waals surface area (Å²) in [6.07, 6.45) is 0.734. The van der Waals surface area contributed by atoms with E-state index in [-0.39, 0.29) is 16.3 Å². The Morgan fingerprint density at radius 1 is 1.43 bits per heavy atom. The number of nitrogens with zero attached hydrogens (tertiary/aromatic N) is 1. The first kappa shape index (κ1) is 16.9. The first-order valence-electron chi connectivity index (χ1n) is 6.08. The van der Waals surface area contributed by atoms with Crippen molar-refractivity contribution >= 4 is 27.3 Å². The number of nitrogens with two attached hydrogens (primary N) is 1. The van der Waals surface area contributed by atoms with Gasteiger partial charge < -0.3 is 11.1 Å². The summed E-state index contributed by atoms with van der Waals surface area (Å²) in [6, 6.07) is 3.03. The molecule has 9 nitrogen and oxygen atoms in total. The number of nitrogens with one attached hydrogen (secondary N) is 2. The third kappa shape index (κ3) is 4.68. The van der Waals surface area contributed by atoms with E-state index in [9.17, 15) is 23.3 Å². The summed E-state index contributed by atoms with van der Waals surface area (Å²) in [5, 5.41) is 13.1. The van der Waals surface area contributed by atoms with E-state index < -0.39 is 27.4 Å². The molecule has 1 aromatic rings. The molecule has 0 bridgehead atoms. The molecule has 0 saturated heterocycles. The van der Waals surface area contributed by atoms with E-state index in [1.165, 1.54) is 0 Å². The fraction of sp³-hybridized carbons (Fsp3) is 0.364. The Bertz CT molecular complexity index is 644. The zero-order valence-electron chi connectivity index (χ0n) is 11.3. The predicted molar refractivity (Wildman–Crippen MR) is 76.0 cm³/mol. The van der Waals surface area contributed by atoms with Gasteiger partial charge in [0.15, 0.2) is 0 Å². The largest absolute Gasteiger partial charge is 0.393 e. The van der Waals surface area contributed by atoms with Gasteiger partial charge in [0.05, 0.1) is 16.4 Å². The summed E-state index contributed by atoms with van der Waals surface area (Å²) in [5.41, 5.74) is 4.78. The second-order valence-electron chi connectivity index (χ2n) is 4.15. The SMILES string of the molecule is CCCNC(=O)CNS(=O)(=O)c1ccc([N+](=O)[O-])c(N)c1. The molecule has 0 heterocycles. The summed E-state index contributed by atoms with van der Waals surface area (Å²) in [4.78, 5) is 21.0. The maximum Gasteiger partial charge on any atom is 0.292 e. The summed E-state index contributed by atoms with van der Waals surface area (Å²) in [5.74, 6) is -0.463. The Labute approximate surface area is 121 Å². The zero-order valence-corrected chi connectivity index (χ0v) is 12.1. The van der Waals surface area contributed by atoms with E-state index in [4.69, 9.17) is 5.73 Å². The second-order valence-corrected chi connectivity index (χ2v) is 5.92. The average molecular weight is 316 g/mol. The number of nitrogen functional groups attached to an aromatic ring is 1. The smallest absolute Gasteiger partial charge is 0.292 e. The molecule has 1 aromatic carbocycles. The van der Waals surface area contributed by atoms with Crippen LogP contribution < -0.4 is 15.8 Å². The molecular formula is C11H16N4O5S. The summed E-state index contributed by atoms with van der Waals surface area (Å²) in [6.45, 7) is 1.90. The first-order valence-corrected chi connectivity index (χ1v) is 7.56. The van der Waals surface area contributed by atoms with E-state index >= 15 is 0 Å². The van der Waals surface area contributed by atoms with Gasteiger partial charge in [0.1, 0.15) is 5.69 Å². The van der Waals surface area contributed by atoms with Gasteiger partial charge in [-0.1, -0.05) is 6.92 Å². The number of carbonyl (C=O) groups excluding carboxylic acids is 1. The molecule has 0 saturated carbocycles. The Balaban J connectivity index is 2.81. The number of hydrogen-bond donors (Lipinski definition) is 3. The van der Waals surface area contributed by atoms with Crippen molar-refractivity contribution in [1.82, 2.24) is 10.0 Å². The molecule has 10 heteroatoms. The molecule has 0 aromatic heterocycles. The lowest BCUT2D eigenvalue weighted by Crippen LogP contribution is -2.37. The summed E-state index contributed by atoms with van der Waals surface area (Å²) >= 11 is 0. The fourth-order valence-corrected chi connectivity index (χ4v) is 2.45. The fourth-order valence-electron chi connectivity index (χ4n) is 1.44. The van der Waals surface area contributed by atoms with Crippen LogP contribution in [0.5, 0.6) is 0 Å². The maximum atomic E-state index is 11.9. The number of carbonyl (C=O) groups is 1. The highest BCUT2D eigenvalue weighted by molar-refractivity contribution is 7.89. The van der Waals surface area contributed by atoms with Crippen molar-refractivity contribution in [1.29, 1.82) is 0 Å². The number of nitro groups is 1. The number of hydrogen-bond acceptors (Lipinski definition) is 6. The van der Waals surface area contributed by atoms with Crippen molar-refractivity contribution in [2.75, 3.05) is 18.8 Å². The second kappa shape index (κ2) is 6.99.